The van der Waals surface area contributed by atoms with E-state index in [1.54, 1.807) is 0 Å². The standard InChI is InChI=1S/C26H20N3.ClH.Co/c1-3-13-23(14-4-1)27-19-21-11-7-9-17-25(21)29-26-18-10-8-12-22(26)20-28-24-15-5-2-6-16-24;;/h1-20H;1H;/q-1;;+2/p-1. The molecule has 4 aromatic rings. The first kappa shape index (κ1) is 22.5. The molecule has 155 valence electrons. The van der Waals surface area contributed by atoms with Crippen LogP contribution in [0.4, 0.5) is 22.7 Å². The molecule has 0 amide bonds. The molecule has 4 aromatic carbocycles. The molecule has 0 N–H and O–H groups in total. The van der Waals surface area contributed by atoms with Gasteiger partial charge in [0.2, 0.25) is 0 Å². The predicted octanol–water partition coefficient (Wildman–Crippen LogP) is 8.21. The van der Waals surface area contributed by atoms with Crippen LogP contribution in [0.15, 0.2) is 119 Å². The molecule has 0 aliphatic heterocycles. The van der Waals surface area contributed by atoms with Crippen LogP contribution in [0.3, 0.4) is 0 Å². The molecule has 4 rings (SSSR count). The summed E-state index contributed by atoms with van der Waals surface area (Å²) in [6.07, 6.45) is 3.71. The summed E-state index contributed by atoms with van der Waals surface area (Å²) in [4.78, 5) is 9.13. The van der Waals surface area contributed by atoms with E-state index in [1.807, 2.05) is 122 Å². The number of rotatable bonds is 6. The molecule has 0 spiro atoms. The first-order valence-corrected chi connectivity index (χ1v) is 11.0. The maximum absolute atomic E-state index is 4.88. The van der Waals surface area contributed by atoms with E-state index in [1.165, 1.54) is 0 Å². The average Bonchev–Trinajstić information content (AvgIpc) is 2.85. The van der Waals surface area contributed by atoms with E-state index in [2.05, 4.69) is 35.0 Å². The number of benzene rings is 4. The molecule has 5 heteroatoms. The molecular weight excluding hydrogens is 449 g/mol. The normalized spacial score (nSPS) is 10.6. The van der Waals surface area contributed by atoms with E-state index in [9.17, 15) is 0 Å². The Morgan fingerprint density at radius 2 is 0.871 bits per heavy atom. The van der Waals surface area contributed by atoms with Crippen molar-refractivity contribution in [1.82, 2.24) is 0 Å². The molecule has 0 atom stereocenters. The maximum atomic E-state index is 4.88. The predicted molar refractivity (Wildman–Crippen MR) is 129 cm³/mol. The number of aliphatic imine (C=N–C) groups is 2. The van der Waals surface area contributed by atoms with Gasteiger partial charge in [0, 0.05) is 12.4 Å². The third-order valence-electron chi connectivity index (χ3n) is 4.33. The quantitative estimate of drug-likeness (QED) is 0.256. The first-order chi connectivity index (χ1) is 15.4. The second-order valence-electron chi connectivity index (χ2n) is 6.42. The number of para-hydroxylation sites is 4. The van der Waals surface area contributed by atoms with Crippen LogP contribution < -0.4 is 0 Å². The fraction of sp³-hybridized carbons (Fsp3) is 0. The van der Waals surface area contributed by atoms with Gasteiger partial charge in [0.25, 0.3) is 0 Å². The third-order valence-corrected chi connectivity index (χ3v) is 4.33. The van der Waals surface area contributed by atoms with Crippen molar-refractivity contribution >= 4 is 45.3 Å². The van der Waals surface area contributed by atoms with Gasteiger partial charge in [-0.2, -0.15) is 0 Å². The second-order valence-corrected chi connectivity index (χ2v) is 6.42. The molecule has 31 heavy (non-hydrogen) atoms. The van der Waals surface area contributed by atoms with Gasteiger partial charge in [0.15, 0.2) is 0 Å². The van der Waals surface area contributed by atoms with Crippen molar-refractivity contribution in [2.24, 2.45) is 9.98 Å². The fourth-order valence-corrected chi connectivity index (χ4v) is 2.84. The molecule has 0 heterocycles. The topological polar surface area (TPSA) is 38.8 Å². The summed E-state index contributed by atoms with van der Waals surface area (Å²) in [6, 6.07) is 35.8. The summed E-state index contributed by atoms with van der Waals surface area (Å²) in [7, 11) is 4.33. The van der Waals surface area contributed by atoms with Crippen molar-refractivity contribution < 1.29 is 14.8 Å². The third kappa shape index (κ3) is 6.93. The summed E-state index contributed by atoms with van der Waals surface area (Å²) < 4.78 is 0. The van der Waals surface area contributed by atoms with Gasteiger partial charge in [-0.25, -0.2) is 0 Å². The van der Waals surface area contributed by atoms with Gasteiger partial charge in [0.1, 0.15) is 0 Å². The van der Waals surface area contributed by atoms with Gasteiger partial charge in [0.05, 0.1) is 11.4 Å². The minimum absolute atomic E-state index is 0.868. The first-order valence-electron chi connectivity index (χ1n) is 9.59. The summed E-state index contributed by atoms with van der Waals surface area (Å²) in [5.41, 5.74) is 5.49. The monoisotopic (exact) mass is 468 g/mol. The average molecular weight is 469 g/mol. The van der Waals surface area contributed by atoms with Crippen molar-refractivity contribution in [3.63, 3.8) is 0 Å². The van der Waals surface area contributed by atoms with E-state index < -0.39 is 0 Å². The van der Waals surface area contributed by atoms with Gasteiger partial charge in [-0.1, -0.05) is 84.9 Å². The number of halogens is 1. The zero-order valence-corrected chi connectivity index (χ0v) is 18.4. The molecule has 0 aliphatic rings. The van der Waals surface area contributed by atoms with Crippen LogP contribution in [-0.4, -0.2) is 12.4 Å². The second kappa shape index (κ2) is 12.5. The van der Waals surface area contributed by atoms with Crippen LogP contribution in [0.2, 0.25) is 0 Å². The molecule has 0 saturated heterocycles. The Bertz CT molecular complexity index is 1040. The molecule has 3 nitrogen and oxygen atoms in total. The van der Waals surface area contributed by atoms with E-state index >= 15 is 0 Å². The Labute approximate surface area is 195 Å². The van der Waals surface area contributed by atoms with Crippen molar-refractivity contribution in [3.05, 3.63) is 126 Å². The summed E-state index contributed by atoms with van der Waals surface area (Å²) in [5, 5.41) is 4.88. The molecule has 0 fully saturated rings. The van der Waals surface area contributed by atoms with Gasteiger partial charge in [-0.15, -0.1) is 11.4 Å². The molecule has 0 radical (unpaired) electrons. The Balaban J connectivity index is 0.00000132. The Kier molecular flexibility index (Phi) is 9.07. The summed E-state index contributed by atoms with van der Waals surface area (Å²) in [6.45, 7) is 0. The van der Waals surface area contributed by atoms with Gasteiger partial charge >= 0.3 is 25.0 Å². The van der Waals surface area contributed by atoms with Crippen LogP contribution in [0.1, 0.15) is 11.1 Å². The van der Waals surface area contributed by atoms with Crippen LogP contribution in [0, 0.1) is 0 Å². The molecule has 0 bridgehead atoms. The zero-order valence-electron chi connectivity index (χ0n) is 16.6. The number of hydrogen-bond acceptors (Lipinski definition) is 2. The van der Waals surface area contributed by atoms with Crippen molar-refractivity contribution in [3.8, 4) is 0 Å². The van der Waals surface area contributed by atoms with E-state index in [4.69, 9.17) is 5.32 Å². The van der Waals surface area contributed by atoms with E-state index in [0.29, 0.717) is 0 Å². The summed E-state index contributed by atoms with van der Waals surface area (Å²) in [5.74, 6) is 0. The van der Waals surface area contributed by atoms with Gasteiger partial charge < -0.3 is 5.32 Å². The van der Waals surface area contributed by atoms with Crippen molar-refractivity contribution in [1.29, 1.82) is 0 Å². The van der Waals surface area contributed by atoms with Gasteiger partial charge in [-0.3, -0.25) is 9.98 Å². The van der Waals surface area contributed by atoms with E-state index in [0.717, 1.165) is 33.9 Å². The van der Waals surface area contributed by atoms with Crippen LogP contribution in [-0.2, 0) is 14.8 Å². The molecule has 0 aliphatic carbocycles. The molecule has 0 unspecified atom stereocenters. The number of hydrogen-bond donors (Lipinski definition) is 0. The molecule has 0 aromatic heterocycles. The molecule has 0 saturated carbocycles. The minimum atomic E-state index is 0.868. The van der Waals surface area contributed by atoms with Crippen LogP contribution in [0.5, 0.6) is 0 Å². The fourth-order valence-electron chi connectivity index (χ4n) is 2.84. The summed E-state index contributed by atoms with van der Waals surface area (Å²) >= 11 is 3.03. The van der Waals surface area contributed by atoms with E-state index in [-0.39, 0.29) is 0 Å². The Morgan fingerprint density at radius 3 is 1.29 bits per heavy atom. The van der Waals surface area contributed by atoms with Crippen LogP contribution in [0.25, 0.3) is 5.32 Å². The molecular formula is C26H20ClCoN3. The van der Waals surface area contributed by atoms with Gasteiger partial charge in [-0.05, 0) is 35.4 Å². The Morgan fingerprint density at radius 1 is 0.516 bits per heavy atom. The van der Waals surface area contributed by atoms with Crippen molar-refractivity contribution in [2.75, 3.05) is 0 Å². The SMILES string of the molecule is C(=Nc1ccccc1)c1ccccc1[N-]c1ccccc1C=Nc1ccccc1.[Cl][Co+]. The Hall–Kier alpha value is -3.18. The van der Waals surface area contributed by atoms with Crippen molar-refractivity contribution in [2.45, 2.75) is 0 Å². The number of nitrogens with zero attached hydrogens (tertiary/aromatic N) is 3. The van der Waals surface area contributed by atoms with Crippen LogP contribution >= 0.6 is 10.1 Å². The zero-order chi connectivity index (χ0) is 21.7.